The first kappa shape index (κ1) is 13.4. The number of benzene rings is 2. The van der Waals surface area contributed by atoms with Gasteiger partial charge in [0.2, 0.25) is 5.91 Å². The fourth-order valence-corrected chi connectivity index (χ4v) is 2.50. The van der Waals surface area contributed by atoms with Gasteiger partial charge >= 0.3 is 0 Å². The number of primary amides is 1. The summed E-state index contributed by atoms with van der Waals surface area (Å²) in [6, 6.07) is 11.3. The van der Waals surface area contributed by atoms with Gasteiger partial charge in [-0.3, -0.25) is 4.79 Å². The molecular formula is C14H13FN2OS. The van der Waals surface area contributed by atoms with Crippen molar-refractivity contribution in [3.8, 4) is 0 Å². The van der Waals surface area contributed by atoms with Gasteiger partial charge in [-0.25, -0.2) is 4.39 Å². The zero-order chi connectivity index (χ0) is 13.8. The molecule has 0 aromatic heterocycles. The molecule has 0 heterocycles. The number of halogens is 1. The SMILES string of the molecule is NC(=O)c1ccc(CSc2cc(F)ccc2N)cc1. The van der Waals surface area contributed by atoms with E-state index in [-0.39, 0.29) is 5.82 Å². The van der Waals surface area contributed by atoms with Crippen LogP contribution in [-0.2, 0) is 5.75 Å². The van der Waals surface area contributed by atoms with Gasteiger partial charge in [0.1, 0.15) is 5.82 Å². The van der Waals surface area contributed by atoms with E-state index in [1.807, 2.05) is 12.1 Å². The third-order valence-electron chi connectivity index (χ3n) is 2.61. The van der Waals surface area contributed by atoms with E-state index in [0.29, 0.717) is 21.9 Å². The summed E-state index contributed by atoms with van der Waals surface area (Å²) in [5, 5.41) is 0. The van der Waals surface area contributed by atoms with Crippen LogP contribution in [0.2, 0.25) is 0 Å². The van der Waals surface area contributed by atoms with Gasteiger partial charge in [-0.15, -0.1) is 11.8 Å². The minimum Gasteiger partial charge on any atom is -0.398 e. The van der Waals surface area contributed by atoms with E-state index in [4.69, 9.17) is 11.5 Å². The van der Waals surface area contributed by atoms with Crippen LogP contribution in [0.15, 0.2) is 47.4 Å². The van der Waals surface area contributed by atoms with E-state index in [0.717, 1.165) is 5.56 Å². The van der Waals surface area contributed by atoms with Gasteiger partial charge in [0.25, 0.3) is 0 Å². The Morgan fingerprint density at radius 3 is 2.47 bits per heavy atom. The largest absolute Gasteiger partial charge is 0.398 e. The lowest BCUT2D eigenvalue weighted by molar-refractivity contribution is 0.100. The number of rotatable bonds is 4. The highest BCUT2D eigenvalue weighted by atomic mass is 32.2. The standard InChI is InChI=1S/C14H13FN2OS/c15-11-5-6-12(16)13(7-11)19-8-9-1-3-10(4-2-9)14(17)18/h1-7H,8,16H2,(H2,17,18). The molecule has 0 atom stereocenters. The Morgan fingerprint density at radius 1 is 1.16 bits per heavy atom. The van der Waals surface area contributed by atoms with E-state index in [9.17, 15) is 9.18 Å². The Kier molecular flexibility index (Phi) is 4.06. The van der Waals surface area contributed by atoms with E-state index in [2.05, 4.69) is 0 Å². The number of carbonyl (C=O) groups is 1. The highest BCUT2D eigenvalue weighted by Crippen LogP contribution is 2.28. The van der Waals surface area contributed by atoms with E-state index in [1.165, 1.54) is 23.9 Å². The van der Waals surface area contributed by atoms with Crippen LogP contribution in [0.1, 0.15) is 15.9 Å². The first-order valence-corrected chi connectivity index (χ1v) is 6.61. The molecule has 98 valence electrons. The van der Waals surface area contributed by atoms with Gasteiger partial charge in [-0.1, -0.05) is 12.1 Å². The second kappa shape index (κ2) is 5.75. The second-order valence-electron chi connectivity index (χ2n) is 4.03. The summed E-state index contributed by atoms with van der Waals surface area (Å²) in [6.45, 7) is 0. The van der Waals surface area contributed by atoms with Crippen molar-refractivity contribution in [2.75, 3.05) is 5.73 Å². The number of amides is 1. The topological polar surface area (TPSA) is 69.1 Å². The molecule has 0 saturated heterocycles. The van der Waals surface area contributed by atoms with Crippen molar-refractivity contribution >= 4 is 23.4 Å². The number of nitrogens with two attached hydrogens (primary N) is 2. The van der Waals surface area contributed by atoms with Gasteiger partial charge in [-0.2, -0.15) is 0 Å². The van der Waals surface area contributed by atoms with Crippen LogP contribution in [0.3, 0.4) is 0 Å². The van der Waals surface area contributed by atoms with Gasteiger partial charge in [0, 0.05) is 21.9 Å². The van der Waals surface area contributed by atoms with Gasteiger partial charge < -0.3 is 11.5 Å². The molecule has 2 aromatic carbocycles. The molecule has 2 aromatic rings. The monoisotopic (exact) mass is 276 g/mol. The highest BCUT2D eigenvalue weighted by molar-refractivity contribution is 7.98. The first-order chi connectivity index (χ1) is 9.06. The number of carbonyl (C=O) groups excluding carboxylic acids is 1. The third-order valence-corrected chi connectivity index (χ3v) is 3.75. The lowest BCUT2D eigenvalue weighted by Crippen LogP contribution is -2.10. The van der Waals surface area contributed by atoms with E-state index in [1.54, 1.807) is 18.2 Å². The lowest BCUT2D eigenvalue weighted by Gasteiger charge is -2.06. The van der Waals surface area contributed by atoms with Crippen LogP contribution in [0, 0.1) is 5.82 Å². The van der Waals surface area contributed by atoms with Crippen LogP contribution in [-0.4, -0.2) is 5.91 Å². The number of hydrogen-bond donors (Lipinski definition) is 2. The molecule has 0 saturated carbocycles. The molecule has 19 heavy (non-hydrogen) atoms. The summed E-state index contributed by atoms with van der Waals surface area (Å²) in [5.41, 5.74) is 13.0. The van der Waals surface area contributed by atoms with Crippen LogP contribution < -0.4 is 11.5 Å². The molecule has 3 nitrogen and oxygen atoms in total. The average molecular weight is 276 g/mol. The number of thioether (sulfide) groups is 1. The number of nitrogen functional groups attached to an aromatic ring is 1. The quantitative estimate of drug-likeness (QED) is 0.666. The van der Waals surface area contributed by atoms with Crippen molar-refractivity contribution in [1.82, 2.24) is 0 Å². The predicted octanol–water partition coefficient (Wildman–Crippen LogP) is 2.80. The minimum atomic E-state index is -0.450. The fourth-order valence-electron chi connectivity index (χ4n) is 1.56. The highest BCUT2D eigenvalue weighted by Gasteiger charge is 2.04. The fraction of sp³-hybridized carbons (Fsp3) is 0.0714. The lowest BCUT2D eigenvalue weighted by atomic mass is 10.1. The summed E-state index contributed by atoms with van der Waals surface area (Å²) >= 11 is 1.45. The van der Waals surface area contributed by atoms with Crippen LogP contribution in [0.25, 0.3) is 0 Å². The number of anilines is 1. The second-order valence-corrected chi connectivity index (χ2v) is 5.05. The first-order valence-electron chi connectivity index (χ1n) is 5.63. The van der Waals surface area contributed by atoms with Crippen LogP contribution in [0.4, 0.5) is 10.1 Å². The Labute approximate surface area is 114 Å². The van der Waals surface area contributed by atoms with Crippen molar-refractivity contribution < 1.29 is 9.18 Å². The molecule has 0 aliphatic carbocycles. The van der Waals surface area contributed by atoms with Crippen molar-refractivity contribution in [2.24, 2.45) is 5.73 Å². The Balaban J connectivity index is 2.06. The molecule has 2 rings (SSSR count). The van der Waals surface area contributed by atoms with Gasteiger partial charge in [0.05, 0.1) is 0 Å². The summed E-state index contributed by atoms with van der Waals surface area (Å²) < 4.78 is 13.1. The molecule has 0 bridgehead atoms. The van der Waals surface area contributed by atoms with E-state index < -0.39 is 5.91 Å². The van der Waals surface area contributed by atoms with Crippen LogP contribution in [0.5, 0.6) is 0 Å². The van der Waals surface area contributed by atoms with Gasteiger partial charge in [0.15, 0.2) is 0 Å². The van der Waals surface area contributed by atoms with Crippen molar-refractivity contribution in [2.45, 2.75) is 10.6 Å². The molecule has 5 heteroatoms. The predicted molar refractivity (Wildman–Crippen MR) is 75.3 cm³/mol. The molecule has 0 unspecified atom stereocenters. The summed E-state index contributed by atoms with van der Waals surface area (Å²) in [4.78, 5) is 11.6. The molecule has 1 amide bonds. The normalized spacial score (nSPS) is 10.4. The molecule has 4 N–H and O–H groups in total. The Bertz CT molecular complexity index is 599. The molecule has 0 aliphatic heterocycles. The van der Waals surface area contributed by atoms with Gasteiger partial charge in [-0.05, 0) is 35.9 Å². The summed E-state index contributed by atoms with van der Waals surface area (Å²) in [7, 11) is 0. The Morgan fingerprint density at radius 2 is 1.84 bits per heavy atom. The maximum atomic E-state index is 13.1. The molecule has 0 aliphatic rings. The summed E-state index contributed by atoms with van der Waals surface area (Å²) in [5.74, 6) is -0.110. The van der Waals surface area contributed by atoms with Crippen molar-refractivity contribution in [3.63, 3.8) is 0 Å². The molecule has 0 radical (unpaired) electrons. The molecule has 0 fully saturated rings. The maximum Gasteiger partial charge on any atom is 0.248 e. The minimum absolute atomic E-state index is 0.305. The van der Waals surface area contributed by atoms with Crippen molar-refractivity contribution in [1.29, 1.82) is 0 Å². The zero-order valence-electron chi connectivity index (χ0n) is 10.1. The zero-order valence-corrected chi connectivity index (χ0v) is 10.9. The summed E-state index contributed by atoms with van der Waals surface area (Å²) in [6.07, 6.45) is 0. The average Bonchev–Trinajstić information content (AvgIpc) is 2.40. The molecular weight excluding hydrogens is 263 g/mol. The van der Waals surface area contributed by atoms with Crippen molar-refractivity contribution in [3.05, 3.63) is 59.4 Å². The smallest absolute Gasteiger partial charge is 0.248 e. The Hall–Kier alpha value is -2.01. The maximum absolute atomic E-state index is 13.1. The van der Waals surface area contributed by atoms with Crippen LogP contribution >= 0.6 is 11.8 Å². The van der Waals surface area contributed by atoms with E-state index >= 15 is 0 Å². The number of hydrogen-bond acceptors (Lipinski definition) is 3. The molecule has 0 spiro atoms. The third kappa shape index (κ3) is 3.48.